The van der Waals surface area contributed by atoms with Crippen LogP contribution in [0.5, 0.6) is 5.75 Å². The second-order valence-corrected chi connectivity index (χ2v) is 8.09. The average molecular weight is 467 g/mol. The number of esters is 1. The van der Waals surface area contributed by atoms with Crippen molar-refractivity contribution in [2.24, 2.45) is 0 Å². The molecule has 7 nitrogen and oxygen atoms in total. The highest BCUT2D eigenvalue weighted by Crippen LogP contribution is 2.16. The summed E-state index contributed by atoms with van der Waals surface area (Å²) in [4.78, 5) is 40.6. The molecule has 0 aliphatic carbocycles. The van der Waals surface area contributed by atoms with E-state index in [0.717, 1.165) is 25.0 Å². The number of nitrogens with zero attached hydrogens (tertiary/aromatic N) is 1. The van der Waals surface area contributed by atoms with Gasteiger partial charge in [0.2, 0.25) is 5.91 Å². The smallest absolute Gasteiger partial charge is 0.338 e. The number of nitrogens with one attached hydrogen (secondary N) is 1. The summed E-state index contributed by atoms with van der Waals surface area (Å²) in [5, 5.41) is 4.71. The van der Waals surface area contributed by atoms with Gasteiger partial charge in [0.1, 0.15) is 12.4 Å². The fourth-order valence-corrected chi connectivity index (χ4v) is 3.49. The Morgan fingerprint density at radius 1 is 0.970 bits per heavy atom. The first kappa shape index (κ1) is 24.1. The van der Waals surface area contributed by atoms with Crippen LogP contribution in [0, 0.1) is 0 Å². The molecule has 0 bridgehead atoms. The number of amides is 1. The molecule has 0 radical (unpaired) electrons. The number of aromatic nitrogens is 1. The van der Waals surface area contributed by atoms with Gasteiger partial charge in [-0.1, -0.05) is 19.8 Å². The van der Waals surface area contributed by atoms with Gasteiger partial charge in [-0.15, -0.1) is 11.3 Å². The van der Waals surface area contributed by atoms with Crippen LogP contribution in [0.25, 0.3) is 0 Å². The van der Waals surface area contributed by atoms with Crippen LogP contribution < -0.4 is 10.1 Å². The van der Waals surface area contributed by atoms with Crippen molar-refractivity contribution < 1.29 is 23.9 Å². The number of carbonyl (C=O) groups is 3. The largest absolute Gasteiger partial charge is 0.487 e. The normalized spacial score (nSPS) is 10.5. The van der Waals surface area contributed by atoms with Crippen molar-refractivity contribution in [2.75, 3.05) is 11.9 Å². The predicted molar refractivity (Wildman–Crippen MR) is 127 cm³/mol. The molecule has 2 aromatic carbocycles. The zero-order valence-corrected chi connectivity index (χ0v) is 19.2. The van der Waals surface area contributed by atoms with Crippen molar-refractivity contribution in [3.63, 3.8) is 0 Å². The van der Waals surface area contributed by atoms with E-state index in [1.807, 2.05) is 5.38 Å². The molecule has 1 N–H and O–H groups in total. The van der Waals surface area contributed by atoms with Gasteiger partial charge in [-0.25, -0.2) is 9.78 Å². The van der Waals surface area contributed by atoms with Gasteiger partial charge >= 0.3 is 5.97 Å². The maximum Gasteiger partial charge on any atom is 0.338 e. The summed E-state index contributed by atoms with van der Waals surface area (Å²) >= 11 is 1.50. The average Bonchev–Trinajstić information content (AvgIpc) is 3.36. The van der Waals surface area contributed by atoms with Gasteiger partial charge in [0.25, 0.3) is 0 Å². The van der Waals surface area contributed by atoms with E-state index in [2.05, 4.69) is 17.2 Å². The molecule has 0 saturated heterocycles. The lowest BCUT2D eigenvalue weighted by Gasteiger charge is -2.08. The highest BCUT2D eigenvalue weighted by molar-refractivity contribution is 7.07. The zero-order chi connectivity index (χ0) is 23.5. The summed E-state index contributed by atoms with van der Waals surface area (Å²) in [5.74, 6) is -0.359. The Morgan fingerprint density at radius 2 is 1.70 bits per heavy atom. The van der Waals surface area contributed by atoms with Crippen LogP contribution in [-0.4, -0.2) is 29.3 Å². The molecule has 1 aromatic heterocycles. The summed E-state index contributed by atoms with van der Waals surface area (Å²) < 4.78 is 10.8. The molecule has 0 aliphatic heterocycles. The lowest BCUT2D eigenvalue weighted by Crippen LogP contribution is -2.15. The SMILES string of the molecule is CCCCCC(=O)Nc1ccc(C(=O)COC(=O)c2ccc(OCc3cscn3)cc2)cc1. The number of hydrogen-bond donors (Lipinski definition) is 1. The minimum atomic E-state index is -0.592. The van der Waals surface area contributed by atoms with Gasteiger partial charge in [-0.3, -0.25) is 9.59 Å². The minimum Gasteiger partial charge on any atom is -0.487 e. The number of rotatable bonds is 12. The van der Waals surface area contributed by atoms with Crippen molar-refractivity contribution in [2.45, 2.75) is 39.2 Å². The van der Waals surface area contributed by atoms with Crippen molar-refractivity contribution in [1.82, 2.24) is 4.98 Å². The molecule has 1 amide bonds. The molecular formula is C25H26N2O5S. The quantitative estimate of drug-likeness (QED) is 0.222. The van der Waals surface area contributed by atoms with Gasteiger partial charge in [-0.05, 0) is 55.0 Å². The Kier molecular flexibility index (Phi) is 9.14. The number of ketones is 1. The van der Waals surface area contributed by atoms with E-state index in [1.54, 1.807) is 54.0 Å². The lowest BCUT2D eigenvalue weighted by atomic mass is 10.1. The topological polar surface area (TPSA) is 94.6 Å². The van der Waals surface area contributed by atoms with Gasteiger partial charge < -0.3 is 14.8 Å². The van der Waals surface area contributed by atoms with E-state index in [-0.39, 0.29) is 18.3 Å². The highest BCUT2D eigenvalue weighted by Gasteiger charge is 2.13. The second kappa shape index (κ2) is 12.5. The number of unbranched alkanes of at least 4 members (excludes halogenated alkanes) is 2. The molecule has 33 heavy (non-hydrogen) atoms. The summed E-state index contributed by atoms with van der Waals surface area (Å²) in [6.45, 7) is 2.06. The van der Waals surface area contributed by atoms with Gasteiger partial charge in [0.15, 0.2) is 12.4 Å². The van der Waals surface area contributed by atoms with Crippen LogP contribution in [-0.2, 0) is 16.1 Å². The number of hydrogen-bond acceptors (Lipinski definition) is 7. The van der Waals surface area contributed by atoms with E-state index in [0.29, 0.717) is 35.6 Å². The van der Waals surface area contributed by atoms with Crippen LogP contribution in [0.15, 0.2) is 59.4 Å². The van der Waals surface area contributed by atoms with Crippen molar-refractivity contribution in [3.8, 4) is 5.75 Å². The third-order valence-electron chi connectivity index (χ3n) is 4.79. The number of carbonyl (C=O) groups excluding carboxylic acids is 3. The Balaban J connectivity index is 1.43. The fraction of sp³-hybridized carbons (Fsp3) is 0.280. The third-order valence-corrected chi connectivity index (χ3v) is 5.43. The van der Waals surface area contributed by atoms with Crippen LogP contribution in [0.3, 0.4) is 0 Å². The molecule has 0 saturated carbocycles. The summed E-state index contributed by atoms with van der Waals surface area (Å²) in [6.07, 6.45) is 3.41. The van der Waals surface area contributed by atoms with E-state index in [4.69, 9.17) is 9.47 Å². The van der Waals surface area contributed by atoms with Gasteiger partial charge in [-0.2, -0.15) is 0 Å². The van der Waals surface area contributed by atoms with E-state index in [1.165, 1.54) is 11.3 Å². The van der Waals surface area contributed by atoms with E-state index >= 15 is 0 Å². The fourth-order valence-electron chi connectivity index (χ4n) is 2.95. The van der Waals surface area contributed by atoms with Crippen LogP contribution in [0.4, 0.5) is 5.69 Å². The third kappa shape index (κ3) is 7.84. The highest BCUT2D eigenvalue weighted by atomic mass is 32.1. The van der Waals surface area contributed by atoms with E-state index in [9.17, 15) is 14.4 Å². The molecule has 0 aliphatic rings. The Bertz CT molecular complexity index is 1050. The Labute approximate surface area is 196 Å². The summed E-state index contributed by atoms with van der Waals surface area (Å²) in [7, 11) is 0. The molecule has 3 rings (SSSR count). The number of thiazole rings is 1. The predicted octanol–water partition coefficient (Wildman–Crippen LogP) is 5.28. The second-order valence-electron chi connectivity index (χ2n) is 7.37. The van der Waals surface area contributed by atoms with E-state index < -0.39 is 5.97 Å². The monoisotopic (exact) mass is 466 g/mol. The van der Waals surface area contributed by atoms with Crippen molar-refractivity contribution >= 4 is 34.7 Å². The van der Waals surface area contributed by atoms with Gasteiger partial charge in [0, 0.05) is 23.1 Å². The Morgan fingerprint density at radius 3 is 2.36 bits per heavy atom. The van der Waals surface area contributed by atoms with Crippen LogP contribution >= 0.6 is 11.3 Å². The number of anilines is 1. The molecule has 3 aromatic rings. The molecule has 0 unspecified atom stereocenters. The summed E-state index contributed by atoms with van der Waals surface area (Å²) in [5.41, 5.74) is 3.93. The standard InChI is InChI=1S/C25H26N2O5S/c1-2-3-4-5-24(29)27-20-10-6-18(7-11-20)23(28)15-32-25(30)19-8-12-22(13-9-19)31-14-21-16-33-17-26-21/h6-13,16-17H,2-5,14-15H2,1H3,(H,27,29). The van der Waals surface area contributed by atoms with Crippen LogP contribution in [0.1, 0.15) is 59.0 Å². The first-order valence-electron chi connectivity index (χ1n) is 10.8. The molecule has 8 heteroatoms. The maximum absolute atomic E-state index is 12.4. The number of benzene rings is 2. The van der Waals surface area contributed by atoms with Crippen LogP contribution in [0.2, 0.25) is 0 Å². The zero-order valence-electron chi connectivity index (χ0n) is 18.4. The summed E-state index contributed by atoms with van der Waals surface area (Å²) in [6, 6.07) is 13.0. The number of Topliss-reactive ketones (excluding diaryl/α,β-unsaturated/α-hetero) is 1. The number of ether oxygens (including phenoxy) is 2. The first-order chi connectivity index (χ1) is 16.0. The molecular weight excluding hydrogens is 440 g/mol. The van der Waals surface area contributed by atoms with Crippen molar-refractivity contribution in [3.05, 3.63) is 76.2 Å². The maximum atomic E-state index is 12.4. The molecule has 172 valence electrons. The molecule has 0 spiro atoms. The molecule has 1 heterocycles. The first-order valence-corrected chi connectivity index (χ1v) is 11.7. The molecule has 0 atom stereocenters. The molecule has 0 fully saturated rings. The Hall–Kier alpha value is -3.52. The lowest BCUT2D eigenvalue weighted by molar-refractivity contribution is -0.116. The van der Waals surface area contributed by atoms with Gasteiger partial charge in [0.05, 0.1) is 16.8 Å². The minimum absolute atomic E-state index is 0.0454. The van der Waals surface area contributed by atoms with Crippen molar-refractivity contribution in [1.29, 1.82) is 0 Å².